The van der Waals surface area contributed by atoms with Crippen molar-refractivity contribution in [3.05, 3.63) is 144 Å². The monoisotopic (exact) mass is 569 g/mol. The second-order valence-corrected chi connectivity index (χ2v) is 14.1. The highest BCUT2D eigenvalue weighted by Crippen LogP contribution is 2.40. The van der Waals surface area contributed by atoms with E-state index in [1.807, 2.05) is 110 Å². The Hall–Kier alpha value is -3.62. The summed E-state index contributed by atoms with van der Waals surface area (Å²) in [6.45, 7) is 1.92. The van der Waals surface area contributed by atoms with Crippen LogP contribution in [0.5, 0.6) is 5.75 Å². The van der Waals surface area contributed by atoms with Gasteiger partial charge in [0.1, 0.15) is 21.8 Å². The van der Waals surface area contributed by atoms with Crippen LogP contribution in [0.2, 0.25) is 0 Å². The van der Waals surface area contributed by atoms with Crippen LogP contribution < -0.4 is 4.74 Å². The van der Waals surface area contributed by atoms with E-state index in [1.54, 1.807) is 24.3 Å². The number of hydrogen-bond acceptors (Lipinski definition) is 5. The van der Waals surface area contributed by atoms with Crippen molar-refractivity contribution in [2.24, 2.45) is 0 Å². The number of ether oxygens (including phenoxy) is 1. The molecule has 6 rings (SSSR count). The van der Waals surface area contributed by atoms with E-state index in [9.17, 15) is 8.42 Å². The number of rotatable bonds is 5. The standard InChI is InChI=1S/C32H25O4S3/c1-23-16-18-26(19-17-23)39(33,34)36-38(24-10-4-2-5-11-24,25-12-6-3-7-13-25)27-20-21-31-29(22-27)32(37)28-14-8-9-15-30(28)35-31/h2-22,31H,1H3/q+1. The van der Waals surface area contributed by atoms with E-state index in [0.717, 1.165) is 32.2 Å². The Bertz CT molecular complexity index is 1740. The largest absolute Gasteiger partial charge is 0.481 e. The molecule has 0 bridgehead atoms. The SMILES string of the molecule is Cc1ccc(S(=O)(=O)O[S+](=C2C=CC3Oc4ccccc4C(=S)C3=C2)(c2ccccc2)c2ccccc2)cc1. The second kappa shape index (κ2) is 10.2. The molecule has 194 valence electrons. The highest BCUT2D eigenvalue weighted by Gasteiger charge is 2.43. The Kier molecular flexibility index (Phi) is 6.69. The van der Waals surface area contributed by atoms with Gasteiger partial charge in [-0.05, 0) is 67.6 Å². The first-order chi connectivity index (χ1) is 18.9. The van der Waals surface area contributed by atoms with Crippen LogP contribution in [0, 0.1) is 6.92 Å². The molecule has 0 saturated carbocycles. The average molecular weight is 570 g/mol. The van der Waals surface area contributed by atoms with Crippen molar-refractivity contribution in [3.8, 4) is 5.75 Å². The smallest absolute Gasteiger partial charge is 0.336 e. The van der Waals surface area contributed by atoms with Crippen LogP contribution in [0.3, 0.4) is 0 Å². The number of thiocarbonyl (C=S) groups is 1. The van der Waals surface area contributed by atoms with Crippen LogP contribution >= 0.6 is 12.2 Å². The summed E-state index contributed by atoms with van der Waals surface area (Å²) >= 11 is 5.92. The summed E-state index contributed by atoms with van der Waals surface area (Å²) in [4.78, 5) is 3.01. The van der Waals surface area contributed by atoms with Crippen molar-refractivity contribution in [3.63, 3.8) is 0 Å². The minimum Gasteiger partial charge on any atom is -0.481 e. The highest BCUT2D eigenvalue weighted by atomic mass is 32.3. The maximum Gasteiger partial charge on any atom is 0.336 e. The fourth-order valence-corrected chi connectivity index (χ4v) is 10.3. The number of para-hydroxylation sites is 1. The molecule has 4 nitrogen and oxygen atoms in total. The first kappa shape index (κ1) is 25.6. The van der Waals surface area contributed by atoms with Crippen LogP contribution in [0.1, 0.15) is 11.1 Å². The number of allylic oxidation sites excluding steroid dienone is 2. The van der Waals surface area contributed by atoms with E-state index in [1.165, 1.54) is 0 Å². The Morgan fingerprint density at radius 3 is 2.03 bits per heavy atom. The predicted octanol–water partition coefficient (Wildman–Crippen LogP) is 6.74. The van der Waals surface area contributed by atoms with Crippen molar-refractivity contribution in [1.82, 2.24) is 0 Å². The summed E-state index contributed by atoms with van der Waals surface area (Å²) in [6, 6.07) is 33.5. The molecule has 1 atom stereocenters. The first-order valence-electron chi connectivity index (χ1n) is 12.4. The fraction of sp³-hybridized carbons (Fsp3) is 0.0625. The second-order valence-electron chi connectivity index (χ2n) is 9.24. The molecule has 0 saturated heterocycles. The molecule has 1 aliphatic heterocycles. The molecular weight excluding hydrogens is 545 g/mol. The van der Waals surface area contributed by atoms with Crippen LogP contribution in [0.4, 0.5) is 0 Å². The highest BCUT2D eigenvalue weighted by molar-refractivity contribution is 8.15. The molecule has 39 heavy (non-hydrogen) atoms. The topological polar surface area (TPSA) is 52.6 Å². The minimum absolute atomic E-state index is 0.105. The lowest BCUT2D eigenvalue weighted by Gasteiger charge is -2.30. The van der Waals surface area contributed by atoms with E-state index in [0.29, 0.717) is 9.73 Å². The van der Waals surface area contributed by atoms with Gasteiger partial charge >= 0.3 is 10.1 Å². The zero-order valence-electron chi connectivity index (χ0n) is 21.1. The molecule has 2 aliphatic rings. The van der Waals surface area contributed by atoms with E-state index in [-0.39, 0.29) is 11.0 Å². The van der Waals surface area contributed by atoms with Gasteiger partial charge in [-0.2, -0.15) is 8.42 Å². The van der Waals surface area contributed by atoms with Crippen molar-refractivity contribution < 1.29 is 16.8 Å². The lowest BCUT2D eigenvalue weighted by Crippen LogP contribution is -2.34. The molecule has 4 aromatic carbocycles. The maximum atomic E-state index is 13.9. The zero-order valence-corrected chi connectivity index (χ0v) is 23.5. The third-order valence-corrected chi connectivity index (χ3v) is 12.3. The van der Waals surface area contributed by atoms with Gasteiger partial charge in [0, 0.05) is 17.2 Å². The third-order valence-electron chi connectivity index (χ3n) is 6.67. The van der Waals surface area contributed by atoms with E-state index in [4.69, 9.17) is 20.6 Å². The fourth-order valence-electron chi connectivity index (χ4n) is 4.72. The Labute approximate surface area is 235 Å². The van der Waals surface area contributed by atoms with Crippen molar-refractivity contribution in [1.29, 1.82) is 0 Å². The summed E-state index contributed by atoms with van der Waals surface area (Å²) < 4.78 is 40.6. The Morgan fingerprint density at radius 1 is 0.795 bits per heavy atom. The van der Waals surface area contributed by atoms with Gasteiger partial charge in [0.15, 0.2) is 14.7 Å². The summed E-state index contributed by atoms with van der Waals surface area (Å²) in [5.74, 6) is 0.737. The molecule has 7 heteroatoms. The van der Waals surface area contributed by atoms with Gasteiger partial charge in [-0.3, -0.25) is 0 Å². The van der Waals surface area contributed by atoms with Crippen LogP contribution in [-0.4, -0.2) is 24.3 Å². The number of hydrogen-bond donors (Lipinski definition) is 0. The first-order valence-corrected chi connectivity index (χ1v) is 15.8. The van der Waals surface area contributed by atoms with E-state index >= 15 is 0 Å². The minimum atomic E-state index is -4.18. The van der Waals surface area contributed by atoms with Crippen LogP contribution in [0.25, 0.3) is 0 Å². The van der Waals surface area contributed by atoms with Crippen molar-refractivity contribution >= 4 is 42.0 Å². The molecule has 1 unspecified atom stereocenters. The van der Waals surface area contributed by atoms with Crippen molar-refractivity contribution in [2.75, 3.05) is 0 Å². The van der Waals surface area contributed by atoms with Crippen molar-refractivity contribution in [2.45, 2.75) is 27.7 Å². The maximum absolute atomic E-state index is 13.9. The summed E-state index contributed by atoms with van der Waals surface area (Å²) in [6.07, 6.45) is 5.45. The zero-order chi connectivity index (χ0) is 27.0. The summed E-state index contributed by atoms with van der Waals surface area (Å²) in [5, 5.41) is 0. The molecule has 1 heterocycles. The van der Waals surface area contributed by atoms with Gasteiger partial charge < -0.3 is 4.74 Å². The Morgan fingerprint density at radius 2 is 1.38 bits per heavy atom. The number of benzene rings is 4. The van der Waals surface area contributed by atoms with Gasteiger partial charge in [-0.25, -0.2) is 0 Å². The molecule has 4 aromatic rings. The average Bonchev–Trinajstić information content (AvgIpc) is 2.97. The molecule has 0 aromatic heterocycles. The Balaban J connectivity index is 1.65. The lowest BCUT2D eigenvalue weighted by molar-refractivity contribution is 0.284. The predicted molar refractivity (Wildman–Crippen MR) is 161 cm³/mol. The van der Waals surface area contributed by atoms with Gasteiger partial charge in [-0.1, -0.05) is 82.1 Å². The van der Waals surface area contributed by atoms with Crippen LogP contribution in [0.15, 0.2) is 148 Å². The molecule has 0 amide bonds. The van der Waals surface area contributed by atoms with Gasteiger partial charge in [0.2, 0.25) is 0 Å². The molecule has 0 N–H and O–H groups in total. The number of aryl methyl sites for hydroxylation is 1. The van der Waals surface area contributed by atoms with Gasteiger partial charge in [-0.15, -0.1) is 0 Å². The molecular formula is C32H25O4S3+. The lowest BCUT2D eigenvalue weighted by atomic mass is 9.92. The third kappa shape index (κ3) is 4.61. The number of fused-ring (bicyclic) bond motifs is 2. The molecule has 0 fully saturated rings. The van der Waals surface area contributed by atoms with Gasteiger partial charge in [0.25, 0.3) is 0 Å². The van der Waals surface area contributed by atoms with Crippen LogP contribution in [-0.2, 0) is 23.6 Å². The van der Waals surface area contributed by atoms with E-state index in [2.05, 4.69) is 0 Å². The molecule has 0 radical (unpaired) electrons. The molecule has 0 spiro atoms. The van der Waals surface area contributed by atoms with E-state index < -0.39 is 20.0 Å². The molecule has 1 aliphatic carbocycles. The van der Waals surface area contributed by atoms with Gasteiger partial charge in [0.05, 0.1) is 9.76 Å². The quantitative estimate of drug-likeness (QED) is 0.197. The summed E-state index contributed by atoms with van der Waals surface area (Å²) in [7, 11) is -6.96. The summed E-state index contributed by atoms with van der Waals surface area (Å²) in [5.41, 5.74) is 2.62. The normalized spacial score (nSPS) is 16.6.